The number of nitrogens with zero attached hydrogens (tertiary/aromatic N) is 2. The van der Waals surface area contributed by atoms with Crippen LogP contribution >= 0.6 is 0 Å². The van der Waals surface area contributed by atoms with Gasteiger partial charge in [0.05, 0.1) is 20.8 Å². The van der Waals surface area contributed by atoms with Gasteiger partial charge in [-0.2, -0.15) is 4.98 Å². The minimum atomic E-state index is -0.771. The first-order chi connectivity index (χ1) is 12.5. The zero-order valence-electron chi connectivity index (χ0n) is 15.1. The van der Waals surface area contributed by atoms with Crippen LogP contribution in [0.15, 0.2) is 12.1 Å². The topological polar surface area (TPSA) is 101 Å². The molecule has 0 spiro atoms. The van der Waals surface area contributed by atoms with Gasteiger partial charge in [-0.1, -0.05) is 0 Å². The molecule has 8 nitrogen and oxygen atoms in total. The summed E-state index contributed by atoms with van der Waals surface area (Å²) in [7, 11) is 2.77. The van der Waals surface area contributed by atoms with Gasteiger partial charge in [0.1, 0.15) is 11.4 Å². The molecule has 2 aliphatic rings. The van der Waals surface area contributed by atoms with E-state index in [9.17, 15) is 9.59 Å². The molecule has 1 aromatic heterocycles. The number of carbonyl (C=O) groups excluding carboxylic acids is 1. The summed E-state index contributed by atoms with van der Waals surface area (Å²) in [4.78, 5) is 29.2. The predicted octanol–water partition coefficient (Wildman–Crippen LogP) is 1.62. The van der Waals surface area contributed by atoms with Crippen LogP contribution in [-0.4, -0.2) is 66.3 Å². The minimum absolute atomic E-state index is 0.105. The van der Waals surface area contributed by atoms with Crippen LogP contribution in [0.5, 0.6) is 5.88 Å². The molecular weight excluding hydrogens is 338 g/mol. The molecule has 2 aliphatic carbocycles. The molecule has 0 atom stereocenters. The van der Waals surface area contributed by atoms with Crippen LogP contribution in [0.4, 0.5) is 5.82 Å². The molecule has 1 heterocycles. The van der Waals surface area contributed by atoms with Gasteiger partial charge < -0.3 is 19.9 Å². The molecule has 26 heavy (non-hydrogen) atoms. The maximum atomic E-state index is 11.7. The van der Waals surface area contributed by atoms with Gasteiger partial charge in [-0.25, -0.2) is 4.79 Å². The number of hydrogen-bond acceptors (Lipinski definition) is 7. The van der Waals surface area contributed by atoms with E-state index in [0.717, 1.165) is 19.4 Å². The summed E-state index contributed by atoms with van der Waals surface area (Å²) in [6.07, 6.45) is 4.17. The van der Waals surface area contributed by atoms with Crippen molar-refractivity contribution in [3.8, 4) is 5.88 Å². The van der Waals surface area contributed by atoms with E-state index in [0.29, 0.717) is 17.8 Å². The smallest absolute Gasteiger partial charge is 0.343 e. The molecule has 0 amide bonds. The van der Waals surface area contributed by atoms with Gasteiger partial charge in [0.2, 0.25) is 5.88 Å². The lowest BCUT2D eigenvalue weighted by atomic mass is 9.85. The SMILES string of the molecule is COC(=O)c1ccc(NC2CC(N(CC(=O)O)CC3CC3)C2)nc1OC. The van der Waals surface area contributed by atoms with Gasteiger partial charge in [-0.15, -0.1) is 0 Å². The summed E-state index contributed by atoms with van der Waals surface area (Å²) in [5, 5.41) is 12.4. The highest BCUT2D eigenvalue weighted by Gasteiger charge is 2.37. The van der Waals surface area contributed by atoms with Crippen molar-refractivity contribution in [3.63, 3.8) is 0 Å². The summed E-state index contributed by atoms with van der Waals surface area (Å²) >= 11 is 0. The molecule has 3 rings (SSSR count). The fourth-order valence-electron chi connectivity index (χ4n) is 3.30. The van der Waals surface area contributed by atoms with Gasteiger partial charge in [0.15, 0.2) is 0 Å². The zero-order chi connectivity index (χ0) is 18.7. The molecule has 0 radical (unpaired) electrons. The Morgan fingerprint density at radius 3 is 2.62 bits per heavy atom. The second-order valence-corrected chi connectivity index (χ2v) is 6.98. The van der Waals surface area contributed by atoms with Gasteiger partial charge in [0, 0.05) is 18.6 Å². The Balaban J connectivity index is 1.56. The second kappa shape index (κ2) is 7.90. The molecule has 2 N–H and O–H groups in total. The molecule has 142 valence electrons. The number of carboxylic acids is 1. The fourth-order valence-corrected chi connectivity index (χ4v) is 3.30. The van der Waals surface area contributed by atoms with Crippen molar-refractivity contribution in [2.75, 3.05) is 32.6 Å². The van der Waals surface area contributed by atoms with Crippen LogP contribution in [0, 0.1) is 5.92 Å². The van der Waals surface area contributed by atoms with Crippen LogP contribution < -0.4 is 10.1 Å². The maximum Gasteiger partial charge on any atom is 0.343 e. The Kier molecular flexibility index (Phi) is 5.61. The van der Waals surface area contributed by atoms with Crippen molar-refractivity contribution in [2.45, 2.75) is 37.8 Å². The summed E-state index contributed by atoms with van der Waals surface area (Å²) in [5.41, 5.74) is 0.282. The molecule has 2 fully saturated rings. The number of ether oxygens (including phenoxy) is 2. The lowest BCUT2D eigenvalue weighted by Gasteiger charge is -2.43. The normalized spacial score (nSPS) is 21.8. The second-order valence-electron chi connectivity index (χ2n) is 6.98. The number of aliphatic carboxylic acids is 1. The Bertz CT molecular complexity index is 671. The van der Waals surface area contributed by atoms with E-state index >= 15 is 0 Å². The molecule has 0 unspecified atom stereocenters. The van der Waals surface area contributed by atoms with E-state index in [1.54, 1.807) is 12.1 Å². The molecular formula is C18H25N3O5. The average Bonchev–Trinajstić information content (AvgIpc) is 3.39. The summed E-state index contributed by atoms with van der Waals surface area (Å²) in [6, 6.07) is 3.87. The number of methoxy groups -OCH3 is 2. The van der Waals surface area contributed by atoms with Gasteiger partial charge >= 0.3 is 11.9 Å². The molecule has 8 heteroatoms. The first-order valence-electron chi connectivity index (χ1n) is 8.86. The summed E-state index contributed by atoms with van der Waals surface area (Å²) in [5.74, 6) is 0.253. The third kappa shape index (κ3) is 4.43. The zero-order valence-corrected chi connectivity index (χ0v) is 15.1. The number of pyridine rings is 1. The van der Waals surface area contributed by atoms with Crippen LogP contribution in [0.3, 0.4) is 0 Å². The van der Waals surface area contributed by atoms with E-state index < -0.39 is 11.9 Å². The summed E-state index contributed by atoms with van der Waals surface area (Å²) in [6.45, 7) is 0.984. The lowest BCUT2D eigenvalue weighted by molar-refractivity contribution is -0.139. The molecule has 0 aromatic carbocycles. The largest absolute Gasteiger partial charge is 0.480 e. The van der Waals surface area contributed by atoms with Crippen LogP contribution in [0.25, 0.3) is 0 Å². The van der Waals surface area contributed by atoms with E-state index in [4.69, 9.17) is 14.6 Å². The van der Waals surface area contributed by atoms with E-state index in [1.807, 2.05) is 0 Å². The van der Waals surface area contributed by atoms with Gasteiger partial charge in [-0.3, -0.25) is 9.69 Å². The highest BCUT2D eigenvalue weighted by atomic mass is 16.5. The number of rotatable bonds is 9. The van der Waals surface area contributed by atoms with Crippen molar-refractivity contribution in [2.24, 2.45) is 5.92 Å². The standard InChI is InChI=1S/C18H25N3O5/c1-25-17-14(18(24)26-2)5-6-15(20-17)19-12-7-13(8-12)21(10-16(22)23)9-11-3-4-11/h5-6,11-13H,3-4,7-10H2,1-2H3,(H,19,20)(H,22,23). The Hall–Kier alpha value is -2.35. The van der Waals surface area contributed by atoms with Crippen molar-refractivity contribution in [1.82, 2.24) is 9.88 Å². The van der Waals surface area contributed by atoms with Crippen molar-refractivity contribution < 1.29 is 24.2 Å². The quantitative estimate of drug-likeness (QED) is 0.638. The number of carboxylic acid groups (broad SMARTS) is 1. The highest BCUT2D eigenvalue weighted by Crippen LogP contribution is 2.34. The first kappa shape index (κ1) is 18.4. The summed E-state index contributed by atoms with van der Waals surface area (Å²) < 4.78 is 9.88. The number of esters is 1. The number of aromatic nitrogens is 1. The third-order valence-corrected chi connectivity index (χ3v) is 4.97. The first-order valence-corrected chi connectivity index (χ1v) is 8.86. The van der Waals surface area contributed by atoms with Crippen molar-refractivity contribution >= 4 is 17.8 Å². The number of anilines is 1. The minimum Gasteiger partial charge on any atom is -0.480 e. The van der Waals surface area contributed by atoms with E-state index in [2.05, 4.69) is 15.2 Å². The van der Waals surface area contributed by atoms with Crippen LogP contribution in [0.1, 0.15) is 36.0 Å². The lowest BCUT2D eigenvalue weighted by Crippen LogP contribution is -2.52. The molecule has 0 saturated heterocycles. The maximum absolute atomic E-state index is 11.7. The molecule has 1 aromatic rings. The highest BCUT2D eigenvalue weighted by molar-refractivity contribution is 5.92. The Morgan fingerprint density at radius 1 is 1.31 bits per heavy atom. The van der Waals surface area contributed by atoms with E-state index in [1.165, 1.54) is 27.1 Å². The predicted molar refractivity (Wildman–Crippen MR) is 94.5 cm³/mol. The number of nitrogens with one attached hydrogen (secondary N) is 1. The Labute approximate surface area is 152 Å². The van der Waals surface area contributed by atoms with Gasteiger partial charge in [-0.05, 0) is 43.7 Å². The average molecular weight is 363 g/mol. The van der Waals surface area contributed by atoms with Crippen LogP contribution in [0.2, 0.25) is 0 Å². The Morgan fingerprint density at radius 2 is 2.04 bits per heavy atom. The third-order valence-electron chi connectivity index (χ3n) is 4.97. The van der Waals surface area contributed by atoms with Crippen LogP contribution in [-0.2, 0) is 9.53 Å². The van der Waals surface area contributed by atoms with Crippen molar-refractivity contribution in [1.29, 1.82) is 0 Å². The monoisotopic (exact) mass is 363 g/mol. The van der Waals surface area contributed by atoms with Gasteiger partial charge in [0.25, 0.3) is 0 Å². The van der Waals surface area contributed by atoms with Crippen molar-refractivity contribution in [3.05, 3.63) is 17.7 Å². The fraction of sp³-hybridized carbons (Fsp3) is 0.611. The molecule has 0 aliphatic heterocycles. The van der Waals surface area contributed by atoms with E-state index in [-0.39, 0.29) is 24.0 Å². The number of hydrogen-bond donors (Lipinski definition) is 2. The molecule has 0 bridgehead atoms. The molecule has 2 saturated carbocycles. The number of carbonyl (C=O) groups is 2.